The highest BCUT2D eigenvalue weighted by Crippen LogP contribution is 2.37. The summed E-state index contributed by atoms with van der Waals surface area (Å²) in [5, 5.41) is 3.90. The highest BCUT2D eigenvalue weighted by atomic mass is 15.0. The number of nitrogens with zero attached hydrogens (tertiary/aromatic N) is 3. The van der Waals surface area contributed by atoms with Crippen molar-refractivity contribution in [2.75, 3.05) is 0 Å². The molecule has 9 aromatic carbocycles. The monoisotopic (exact) mass is 694 g/mol. The van der Waals surface area contributed by atoms with Crippen LogP contribution in [0, 0.1) is 0 Å². The molecule has 0 radical (unpaired) electrons. The van der Waals surface area contributed by atoms with Crippen LogP contribution in [-0.2, 0) is 0 Å². The number of hydrogen-bond acceptors (Lipinski definition) is 3. The molecule has 0 fully saturated rings. The van der Waals surface area contributed by atoms with Crippen molar-refractivity contribution in [1.29, 1.82) is 0 Å². The summed E-state index contributed by atoms with van der Waals surface area (Å²) in [5.74, 6) is 1.59. The Bertz CT molecular complexity index is 3390. The van der Waals surface area contributed by atoms with Crippen LogP contribution in [0.4, 0.5) is 0 Å². The zero-order chi connectivity index (χ0) is 41.9. The van der Waals surface area contributed by atoms with Crippen molar-refractivity contribution >= 4 is 32.3 Å². The number of fused-ring (bicyclic) bond motifs is 3. The van der Waals surface area contributed by atoms with Gasteiger partial charge >= 0.3 is 0 Å². The standard InChI is InChI=1S/C51H33N3/c1-3-12-34(13-4-1)38-25-26-40-31-44(29-27-39(40)30-38)51-53-49(37-15-5-2-6-16-37)52-50(54-51)43-20-9-19-41(32-43)47-23-11-18-36-24-28-42(33-48(36)47)46-22-10-17-35-14-7-8-21-45(35)46/h1-33H/i7D,8D,10D,14D,17D,21D,22D. The quantitative estimate of drug-likeness (QED) is 0.174. The molecule has 1 heterocycles. The van der Waals surface area contributed by atoms with E-state index in [0.29, 0.717) is 23.0 Å². The Morgan fingerprint density at radius 3 is 1.65 bits per heavy atom. The Balaban J connectivity index is 1.10. The second-order valence-electron chi connectivity index (χ2n) is 13.1. The van der Waals surface area contributed by atoms with Crippen molar-refractivity contribution in [3.63, 3.8) is 0 Å². The molecule has 0 aliphatic carbocycles. The van der Waals surface area contributed by atoms with Gasteiger partial charge in [-0.25, -0.2) is 15.0 Å². The molecule has 54 heavy (non-hydrogen) atoms. The lowest BCUT2D eigenvalue weighted by Gasteiger charge is -2.13. The maximum Gasteiger partial charge on any atom is 0.164 e. The van der Waals surface area contributed by atoms with E-state index in [4.69, 9.17) is 24.5 Å². The highest BCUT2D eigenvalue weighted by Gasteiger charge is 2.15. The Morgan fingerprint density at radius 2 is 0.852 bits per heavy atom. The van der Waals surface area contributed by atoms with E-state index >= 15 is 0 Å². The lowest BCUT2D eigenvalue weighted by molar-refractivity contribution is 1.07. The minimum absolute atomic E-state index is 0.0547. The maximum absolute atomic E-state index is 8.96. The van der Waals surface area contributed by atoms with Crippen LogP contribution in [0.2, 0.25) is 0 Å². The zero-order valence-electron chi connectivity index (χ0n) is 35.9. The fourth-order valence-corrected chi connectivity index (χ4v) is 7.08. The number of aromatic nitrogens is 3. The normalized spacial score (nSPS) is 13.1. The molecular weight excluding hydrogens is 655 g/mol. The van der Waals surface area contributed by atoms with Crippen molar-refractivity contribution < 1.29 is 9.60 Å². The van der Waals surface area contributed by atoms with Gasteiger partial charge < -0.3 is 0 Å². The fraction of sp³-hybridized carbons (Fsp3) is 0. The first kappa shape index (κ1) is 24.9. The minimum atomic E-state index is -0.481. The average molecular weight is 695 g/mol. The third-order valence-electron chi connectivity index (χ3n) is 9.79. The van der Waals surface area contributed by atoms with Gasteiger partial charge in [0.1, 0.15) is 0 Å². The third kappa shape index (κ3) is 5.88. The molecule has 0 aliphatic rings. The Kier molecular flexibility index (Phi) is 6.17. The van der Waals surface area contributed by atoms with Crippen LogP contribution in [0.5, 0.6) is 0 Å². The van der Waals surface area contributed by atoms with E-state index in [9.17, 15) is 0 Å². The van der Waals surface area contributed by atoms with Gasteiger partial charge in [0.05, 0.1) is 9.60 Å². The maximum atomic E-state index is 8.96. The third-order valence-corrected chi connectivity index (χ3v) is 9.79. The predicted octanol–water partition coefficient (Wildman–Crippen LogP) is 13.3. The van der Waals surface area contributed by atoms with Crippen LogP contribution in [0.3, 0.4) is 0 Å². The molecule has 0 atom stereocenters. The van der Waals surface area contributed by atoms with Gasteiger partial charge in [0.2, 0.25) is 0 Å². The Labute approximate surface area is 323 Å². The molecule has 10 aromatic rings. The molecule has 0 N–H and O–H groups in total. The van der Waals surface area contributed by atoms with Crippen molar-refractivity contribution in [2.45, 2.75) is 0 Å². The second-order valence-corrected chi connectivity index (χ2v) is 13.1. The first-order valence-corrected chi connectivity index (χ1v) is 17.7. The molecule has 0 unspecified atom stereocenters. The second kappa shape index (κ2) is 13.4. The van der Waals surface area contributed by atoms with E-state index in [-0.39, 0.29) is 28.4 Å². The van der Waals surface area contributed by atoms with Crippen molar-refractivity contribution in [1.82, 2.24) is 15.0 Å². The largest absolute Gasteiger partial charge is 0.208 e. The summed E-state index contributed by atoms with van der Waals surface area (Å²) in [4.78, 5) is 15.1. The minimum Gasteiger partial charge on any atom is -0.208 e. The summed E-state index contributed by atoms with van der Waals surface area (Å²) < 4.78 is 60.2. The summed E-state index contributed by atoms with van der Waals surface area (Å²) >= 11 is 0. The van der Waals surface area contributed by atoms with Gasteiger partial charge in [0, 0.05) is 16.7 Å². The summed E-state index contributed by atoms with van der Waals surface area (Å²) in [6.07, 6.45) is 0. The first-order valence-electron chi connectivity index (χ1n) is 21.2. The molecule has 10 rings (SSSR count). The van der Waals surface area contributed by atoms with Crippen molar-refractivity contribution in [2.24, 2.45) is 0 Å². The van der Waals surface area contributed by atoms with E-state index in [1.165, 1.54) is 0 Å². The summed E-state index contributed by atoms with van der Waals surface area (Å²) in [7, 11) is 0. The molecule has 1 aromatic heterocycles. The smallest absolute Gasteiger partial charge is 0.164 e. The van der Waals surface area contributed by atoms with Crippen molar-refractivity contribution in [3.8, 4) is 67.5 Å². The molecule has 0 aliphatic heterocycles. The van der Waals surface area contributed by atoms with E-state index in [1.54, 1.807) is 6.07 Å². The van der Waals surface area contributed by atoms with Crippen LogP contribution < -0.4 is 0 Å². The molecule has 0 amide bonds. The lowest BCUT2D eigenvalue weighted by atomic mass is 9.92. The van der Waals surface area contributed by atoms with Crippen LogP contribution in [-0.4, -0.2) is 15.0 Å². The predicted molar refractivity (Wildman–Crippen MR) is 225 cm³/mol. The number of benzene rings is 9. The van der Waals surface area contributed by atoms with Crippen LogP contribution in [0.25, 0.3) is 99.9 Å². The molecule has 0 bridgehead atoms. The summed E-state index contributed by atoms with van der Waals surface area (Å²) in [6.45, 7) is 0. The molecule has 0 saturated carbocycles. The average Bonchev–Trinajstić information content (AvgIpc) is 3.31. The molecule has 3 nitrogen and oxygen atoms in total. The Hall–Kier alpha value is -7.23. The van der Waals surface area contributed by atoms with Gasteiger partial charge in [-0.05, 0) is 90.0 Å². The number of rotatable bonds is 6. The van der Waals surface area contributed by atoms with Gasteiger partial charge in [0.15, 0.2) is 17.5 Å². The number of hydrogen-bond donors (Lipinski definition) is 0. The summed E-state index contributed by atoms with van der Waals surface area (Å²) in [5.41, 5.74) is 7.25. The van der Waals surface area contributed by atoms with Gasteiger partial charge in [-0.1, -0.05) is 176 Å². The van der Waals surface area contributed by atoms with Crippen molar-refractivity contribution in [3.05, 3.63) is 200 Å². The molecule has 0 spiro atoms. The zero-order valence-corrected chi connectivity index (χ0v) is 28.9. The fourth-order valence-electron chi connectivity index (χ4n) is 7.08. The molecule has 3 heteroatoms. The highest BCUT2D eigenvalue weighted by molar-refractivity contribution is 6.03. The van der Waals surface area contributed by atoms with Crippen LogP contribution in [0.1, 0.15) is 9.60 Å². The van der Waals surface area contributed by atoms with Gasteiger partial charge in [0.25, 0.3) is 0 Å². The topological polar surface area (TPSA) is 38.7 Å². The van der Waals surface area contributed by atoms with Crippen LogP contribution >= 0.6 is 0 Å². The van der Waals surface area contributed by atoms with E-state index in [0.717, 1.165) is 60.5 Å². The molecular formula is C51H33N3. The first-order chi connectivity index (χ1) is 29.6. The van der Waals surface area contributed by atoms with Gasteiger partial charge in [-0.2, -0.15) is 0 Å². The van der Waals surface area contributed by atoms with E-state index in [1.807, 2.05) is 109 Å². The summed E-state index contributed by atoms with van der Waals surface area (Å²) in [6, 6.07) is 49.7. The molecule has 0 saturated heterocycles. The van der Waals surface area contributed by atoms with Gasteiger partial charge in [-0.15, -0.1) is 0 Å². The van der Waals surface area contributed by atoms with Gasteiger partial charge in [-0.3, -0.25) is 0 Å². The van der Waals surface area contributed by atoms with E-state index < -0.39 is 30.2 Å². The van der Waals surface area contributed by atoms with E-state index in [2.05, 4.69) is 42.5 Å². The molecule has 252 valence electrons. The SMILES string of the molecule is [2H]c1c([2H])c([2H])c2c(-c3ccc4cccc(-c5cccc(-c6nc(-c7ccccc7)nc(-c7ccc8cc(-c9ccccc9)ccc8c7)n6)c5)c4c3)c([2H])c([2H])c([2H])c2c1[2H]. The Morgan fingerprint density at radius 1 is 0.296 bits per heavy atom. The van der Waals surface area contributed by atoms with Crippen LogP contribution in [0.15, 0.2) is 200 Å². The lowest BCUT2D eigenvalue weighted by Crippen LogP contribution is -2.00.